The van der Waals surface area contributed by atoms with Crippen LogP contribution in [0, 0.1) is 0 Å². The number of para-hydroxylation sites is 1. The largest absolute Gasteiger partial charge is 0.375 e. The maximum Gasteiger partial charge on any atom is 0.230 e. The minimum absolute atomic E-state index is 0.0564. The van der Waals surface area contributed by atoms with Gasteiger partial charge in [-0.1, -0.05) is 23.7 Å². The van der Waals surface area contributed by atoms with Crippen LogP contribution in [-0.4, -0.2) is 16.7 Å². The zero-order chi connectivity index (χ0) is 13.5. The van der Waals surface area contributed by atoms with Crippen molar-refractivity contribution in [2.45, 2.75) is 13.3 Å². The highest BCUT2D eigenvalue weighted by atomic mass is 35.5. The summed E-state index contributed by atoms with van der Waals surface area (Å²) in [5.74, 6) is -0.214. The number of hydrogen-bond acceptors (Lipinski definition) is 3. The number of hydrogen-bond donors (Lipinski definition) is 3. The summed E-state index contributed by atoms with van der Waals surface area (Å²) in [5.41, 5.74) is 8.76. The number of hydrazone groups is 1. The highest BCUT2D eigenvalue weighted by Crippen LogP contribution is 2.20. The van der Waals surface area contributed by atoms with Crippen LogP contribution in [0.4, 0.5) is 5.69 Å². The van der Waals surface area contributed by atoms with Crippen LogP contribution in [0.15, 0.2) is 29.4 Å². The van der Waals surface area contributed by atoms with Crippen LogP contribution in [0.3, 0.4) is 0 Å². The van der Waals surface area contributed by atoms with Crippen LogP contribution in [0.2, 0.25) is 5.02 Å². The van der Waals surface area contributed by atoms with Gasteiger partial charge in [0.2, 0.25) is 5.91 Å². The Morgan fingerprint density at radius 2 is 2.17 bits per heavy atom. The first-order valence-corrected chi connectivity index (χ1v) is 5.90. The number of thiocarbonyl (C=S) groups is 1. The molecule has 4 N–H and O–H groups in total. The lowest BCUT2D eigenvalue weighted by Gasteiger charge is -2.06. The summed E-state index contributed by atoms with van der Waals surface area (Å²) in [5, 5.41) is 7.06. The molecule has 0 heterocycles. The van der Waals surface area contributed by atoms with E-state index in [-0.39, 0.29) is 17.4 Å². The Hall–Kier alpha value is -1.66. The molecule has 0 bridgehead atoms. The van der Waals surface area contributed by atoms with Gasteiger partial charge in [-0.15, -0.1) is 0 Å². The van der Waals surface area contributed by atoms with Gasteiger partial charge in [-0.3, -0.25) is 10.2 Å². The monoisotopic (exact) mass is 284 g/mol. The summed E-state index contributed by atoms with van der Waals surface area (Å²) in [6, 6.07) is 7.00. The molecule has 0 aliphatic heterocycles. The van der Waals surface area contributed by atoms with E-state index in [2.05, 4.69) is 28.1 Å². The quantitative estimate of drug-likeness (QED) is 0.448. The van der Waals surface area contributed by atoms with Gasteiger partial charge >= 0.3 is 0 Å². The van der Waals surface area contributed by atoms with E-state index in [0.29, 0.717) is 16.4 Å². The molecule has 0 radical (unpaired) electrons. The standard InChI is InChI=1S/C11H13ClN4OS/c1-7(15-16-11(13)18)6-10(17)14-9-5-3-2-4-8(9)12/h2-5H,6H2,1H3,(H,14,17)(H3,13,16,18)/b15-7+. The number of halogens is 1. The van der Waals surface area contributed by atoms with E-state index in [1.165, 1.54) is 0 Å². The van der Waals surface area contributed by atoms with Crippen molar-refractivity contribution in [3.8, 4) is 0 Å². The summed E-state index contributed by atoms with van der Waals surface area (Å²) in [7, 11) is 0. The number of nitrogens with two attached hydrogens (primary N) is 1. The first kappa shape index (κ1) is 14.4. The first-order valence-electron chi connectivity index (χ1n) is 5.12. The van der Waals surface area contributed by atoms with E-state index < -0.39 is 0 Å². The molecule has 96 valence electrons. The molecule has 1 aromatic rings. The Labute approximate surface area is 115 Å². The molecule has 0 saturated carbocycles. The van der Waals surface area contributed by atoms with Gasteiger partial charge in [0.1, 0.15) is 0 Å². The minimum atomic E-state index is -0.214. The zero-order valence-electron chi connectivity index (χ0n) is 9.74. The summed E-state index contributed by atoms with van der Waals surface area (Å²) in [4.78, 5) is 11.7. The number of rotatable bonds is 4. The predicted molar refractivity (Wildman–Crippen MR) is 77.7 cm³/mol. The van der Waals surface area contributed by atoms with Gasteiger partial charge in [0.15, 0.2) is 5.11 Å². The molecule has 0 aliphatic carbocycles. The number of anilines is 1. The molecule has 0 fully saturated rings. The van der Waals surface area contributed by atoms with Crippen LogP contribution >= 0.6 is 23.8 Å². The van der Waals surface area contributed by atoms with Crippen LogP contribution in [-0.2, 0) is 4.79 Å². The third kappa shape index (κ3) is 5.11. The van der Waals surface area contributed by atoms with Crippen molar-refractivity contribution in [1.29, 1.82) is 0 Å². The second-order valence-corrected chi connectivity index (χ2v) is 4.37. The Kier molecular flexibility index (Phi) is 5.54. The van der Waals surface area contributed by atoms with Gasteiger partial charge in [-0.25, -0.2) is 0 Å². The highest BCUT2D eigenvalue weighted by molar-refractivity contribution is 7.80. The number of carbonyl (C=O) groups excluding carboxylic acids is 1. The molecule has 0 aromatic heterocycles. The molecular formula is C11H13ClN4OS. The molecule has 7 heteroatoms. The lowest BCUT2D eigenvalue weighted by atomic mass is 10.2. The average molecular weight is 285 g/mol. The Morgan fingerprint density at radius 3 is 2.78 bits per heavy atom. The van der Waals surface area contributed by atoms with Gasteiger partial charge in [0.25, 0.3) is 0 Å². The molecule has 0 aliphatic rings. The maximum absolute atomic E-state index is 11.7. The fourth-order valence-electron chi connectivity index (χ4n) is 1.18. The van der Waals surface area contributed by atoms with E-state index in [9.17, 15) is 4.79 Å². The highest BCUT2D eigenvalue weighted by Gasteiger charge is 2.06. The second-order valence-electron chi connectivity index (χ2n) is 3.53. The number of nitrogens with zero attached hydrogens (tertiary/aromatic N) is 1. The molecule has 1 aromatic carbocycles. The molecule has 0 atom stereocenters. The third-order valence-corrected chi connectivity index (χ3v) is 2.34. The average Bonchev–Trinajstić information content (AvgIpc) is 2.29. The predicted octanol–water partition coefficient (Wildman–Crippen LogP) is 1.88. The lowest BCUT2D eigenvalue weighted by molar-refractivity contribution is -0.115. The maximum atomic E-state index is 11.7. The number of carbonyl (C=O) groups is 1. The lowest BCUT2D eigenvalue weighted by Crippen LogP contribution is -2.26. The molecular weight excluding hydrogens is 272 g/mol. The smallest absolute Gasteiger partial charge is 0.230 e. The van der Waals surface area contributed by atoms with Gasteiger partial charge in [0, 0.05) is 5.71 Å². The molecule has 18 heavy (non-hydrogen) atoms. The SMILES string of the molecule is C/C(CC(=O)Nc1ccccc1Cl)=N\NC(N)=S. The van der Waals surface area contributed by atoms with Gasteiger partial charge < -0.3 is 11.1 Å². The first-order chi connectivity index (χ1) is 8.49. The molecule has 0 saturated heterocycles. The molecule has 5 nitrogen and oxygen atoms in total. The number of benzene rings is 1. The number of nitrogens with one attached hydrogen (secondary N) is 2. The summed E-state index contributed by atoms with van der Waals surface area (Å²) < 4.78 is 0. The van der Waals surface area contributed by atoms with Crippen LogP contribution < -0.4 is 16.5 Å². The third-order valence-electron chi connectivity index (χ3n) is 1.92. The minimum Gasteiger partial charge on any atom is -0.375 e. The van der Waals surface area contributed by atoms with Crippen molar-refractivity contribution < 1.29 is 4.79 Å². The second kappa shape index (κ2) is 6.93. The van der Waals surface area contributed by atoms with Gasteiger partial charge in [-0.2, -0.15) is 5.10 Å². The van der Waals surface area contributed by atoms with E-state index in [1.54, 1.807) is 31.2 Å². The summed E-state index contributed by atoms with van der Waals surface area (Å²) in [6.45, 7) is 1.69. The van der Waals surface area contributed by atoms with Crippen LogP contribution in [0.1, 0.15) is 13.3 Å². The fourth-order valence-corrected chi connectivity index (χ4v) is 1.41. The number of amides is 1. The van der Waals surface area contributed by atoms with Crippen molar-refractivity contribution in [2.24, 2.45) is 10.8 Å². The van der Waals surface area contributed by atoms with E-state index >= 15 is 0 Å². The Morgan fingerprint density at radius 1 is 1.50 bits per heavy atom. The van der Waals surface area contributed by atoms with E-state index in [0.717, 1.165) is 0 Å². The van der Waals surface area contributed by atoms with Gasteiger partial charge in [-0.05, 0) is 31.3 Å². The molecule has 1 amide bonds. The Bertz CT molecular complexity index is 490. The van der Waals surface area contributed by atoms with Crippen molar-refractivity contribution in [3.63, 3.8) is 0 Å². The van der Waals surface area contributed by atoms with E-state index in [1.807, 2.05) is 0 Å². The van der Waals surface area contributed by atoms with Crippen LogP contribution in [0.5, 0.6) is 0 Å². The summed E-state index contributed by atoms with van der Waals surface area (Å²) >= 11 is 10.5. The van der Waals surface area contributed by atoms with Gasteiger partial charge in [0.05, 0.1) is 17.1 Å². The van der Waals surface area contributed by atoms with Crippen LogP contribution in [0.25, 0.3) is 0 Å². The van der Waals surface area contributed by atoms with Crippen molar-refractivity contribution in [1.82, 2.24) is 5.43 Å². The van der Waals surface area contributed by atoms with Crippen molar-refractivity contribution in [2.75, 3.05) is 5.32 Å². The topological polar surface area (TPSA) is 79.5 Å². The van der Waals surface area contributed by atoms with E-state index in [4.69, 9.17) is 17.3 Å². The normalized spacial score (nSPS) is 10.9. The fraction of sp³-hybridized carbons (Fsp3) is 0.182. The van der Waals surface area contributed by atoms with Crippen molar-refractivity contribution in [3.05, 3.63) is 29.3 Å². The molecule has 0 unspecified atom stereocenters. The zero-order valence-corrected chi connectivity index (χ0v) is 11.3. The molecule has 1 rings (SSSR count). The Balaban J connectivity index is 2.55. The van der Waals surface area contributed by atoms with Crippen molar-refractivity contribution >= 4 is 46.2 Å². The molecule has 0 spiro atoms. The summed E-state index contributed by atoms with van der Waals surface area (Å²) in [6.07, 6.45) is 0.126.